The standard InChI is InChI=1S/C11H15FN2O/c12-9-3-10(13)5-11(4-9)14-6-8-1-2-15-7-8/h3-5,8,14H,1-2,6-7,13H2. The van der Waals surface area contributed by atoms with Gasteiger partial charge in [-0.05, 0) is 24.6 Å². The van der Waals surface area contributed by atoms with E-state index in [-0.39, 0.29) is 5.82 Å². The summed E-state index contributed by atoms with van der Waals surface area (Å²) in [6.07, 6.45) is 1.07. The molecule has 1 atom stereocenters. The molecular weight excluding hydrogens is 195 g/mol. The lowest BCUT2D eigenvalue weighted by molar-refractivity contribution is 0.187. The molecule has 1 unspecified atom stereocenters. The lowest BCUT2D eigenvalue weighted by Gasteiger charge is -2.11. The Morgan fingerprint density at radius 3 is 3.00 bits per heavy atom. The minimum absolute atomic E-state index is 0.305. The Morgan fingerprint density at radius 2 is 2.33 bits per heavy atom. The topological polar surface area (TPSA) is 47.3 Å². The van der Waals surface area contributed by atoms with Crippen LogP contribution in [0.5, 0.6) is 0 Å². The number of hydrogen-bond donors (Lipinski definition) is 2. The van der Waals surface area contributed by atoms with Crippen LogP contribution >= 0.6 is 0 Å². The highest BCUT2D eigenvalue weighted by Gasteiger charge is 2.14. The van der Waals surface area contributed by atoms with Gasteiger partial charge < -0.3 is 15.8 Å². The fraction of sp³-hybridized carbons (Fsp3) is 0.455. The van der Waals surface area contributed by atoms with Crippen molar-refractivity contribution in [3.63, 3.8) is 0 Å². The first-order chi connectivity index (χ1) is 7.24. The third-order valence-electron chi connectivity index (χ3n) is 2.54. The van der Waals surface area contributed by atoms with Crippen molar-refractivity contribution in [3.05, 3.63) is 24.0 Å². The van der Waals surface area contributed by atoms with E-state index in [4.69, 9.17) is 10.5 Å². The number of anilines is 2. The predicted octanol–water partition coefficient (Wildman–Crippen LogP) is 1.86. The van der Waals surface area contributed by atoms with E-state index in [1.165, 1.54) is 12.1 Å². The summed E-state index contributed by atoms with van der Waals surface area (Å²) in [6.45, 7) is 2.43. The molecule has 3 nitrogen and oxygen atoms in total. The average Bonchev–Trinajstić information content (AvgIpc) is 2.65. The minimum atomic E-state index is -0.305. The fourth-order valence-electron chi connectivity index (χ4n) is 1.72. The molecule has 4 heteroatoms. The molecule has 0 bridgehead atoms. The van der Waals surface area contributed by atoms with E-state index < -0.39 is 0 Å². The number of nitrogen functional groups attached to an aromatic ring is 1. The van der Waals surface area contributed by atoms with E-state index >= 15 is 0 Å². The Labute approximate surface area is 88.4 Å². The van der Waals surface area contributed by atoms with Gasteiger partial charge in [0.25, 0.3) is 0 Å². The second-order valence-corrected chi connectivity index (χ2v) is 3.88. The van der Waals surface area contributed by atoms with Gasteiger partial charge in [0.2, 0.25) is 0 Å². The zero-order valence-corrected chi connectivity index (χ0v) is 8.50. The smallest absolute Gasteiger partial charge is 0.127 e. The van der Waals surface area contributed by atoms with Crippen molar-refractivity contribution in [2.75, 3.05) is 30.8 Å². The molecule has 0 radical (unpaired) electrons. The monoisotopic (exact) mass is 210 g/mol. The van der Waals surface area contributed by atoms with Gasteiger partial charge in [-0.3, -0.25) is 0 Å². The molecule has 1 saturated heterocycles. The second-order valence-electron chi connectivity index (χ2n) is 3.88. The maximum atomic E-state index is 13.0. The van der Waals surface area contributed by atoms with E-state index in [0.717, 1.165) is 31.9 Å². The van der Waals surface area contributed by atoms with Crippen molar-refractivity contribution >= 4 is 11.4 Å². The molecule has 1 aromatic rings. The van der Waals surface area contributed by atoms with Crippen molar-refractivity contribution in [1.29, 1.82) is 0 Å². The number of benzene rings is 1. The second kappa shape index (κ2) is 4.49. The summed E-state index contributed by atoms with van der Waals surface area (Å²) in [5.41, 5.74) is 6.72. The van der Waals surface area contributed by atoms with Crippen molar-refractivity contribution in [2.45, 2.75) is 6.42 Å². The molecule has 0 aromatic heterocycles. The summed E-state index contributed by atoms with van der Waals surface area (Å²) in [4.78, 5) is 0. The van der Waals surface area contributed by atoms with Crippen LogP contribution in [0, 0.1) is 11.7 Å². The molecule has 2 rings (SSSR count). The Morgan fingerprint density at radius 1 is 1.47 bits per heavy atom. The maximum Gasteiger partial charge on any atom is 0.127 e. The first-order valence-corrected chi connectivity index (χ1v) is 5.12. The van der Waals surface area contributed by atoms with Crippen LogP contribution < -0.4 is 11.1 Å². The van der Waals surface area contributed by atoms with Gasteiger partial charge in [0.1, 0.15) is 5.82 Å². The summed E-state index contributed by atoms with van der Waals surface area (Å²) in [5.74, 6) is 0.217. The molecule has 15 heavy (non-hydrogen) atoms. The Kier molecular flexibility index (Phi) is 3.06. The van der Waals surface area contributed by atoms with Crippen LogP contribution in [0.2, 0.25) is 0 Å². The highest BCUT2D eigenvalue weighted by molar-refractivity contribution is 5.54. The summed E-state index contributed by atoms with van der Waals surface area (Å²) in [6, 6.07) is 4.49. The predicted molar refractivity (Wildman–Crippen MR) is 58.2 cm³/mol. The van der Waals surface area contributed by atoms with Gasteiger partial charge in [-0.15, -0.1) is 0 Å². The molecule has 0 amide bonds. The number of hydrogen-bond acceptors (Lipinski definition) is 3. The lowest BCUT2D eigenvalue weighted by Crippen LogP contribution is -2.14. The van der Waals surface area contributed by atoms with Crippen molar-refractivity contribution in [1.82, 2.24) is 0 Å². The molecule has 0 saturated carbocycles. The summed E-state index contributed by atoms with van der Waals surface area (Å²) in [5, 5.41) is 3.17. The first kappa shape index (κ1) is 10.2. The third kappa shape index (κ3) is 2.83. The van der Waals surface area contributed by atoms with Gasteiger partial charge in [0.05, 0.1) is 6.61 Å². The zero-order valence-electron chi connectivity index (χ0n) is 8.50. The number of rotatable bonds is 3. The van der Waals surface area contributed by atoms with Gasteiger partial charge in [0.15, 0.2) is 0 Å². The molecular formula is C11H15FN2O. The highest BCUT2D eigenvalue weighted by atomic mass is 19.1. The van der Waals surface area contributed by atoms with E-state index in [9.17, 15) is 4.39 Å². The Balaban J connectivity index is 1.92. The molecule has 1 fully saturated rings. The highest BCUT2D eigenvalue weighted by Crippen LogP contribution is 2.18. The van der Waals surface area contributed by atoms with E-state index in [1.54, 1.807) is 6.07 Å². The van der Waals surface area contributed by atoms with Crippen molar-refractivity contribution < 1.29 is 9.13 Å². The third-order valence-corrected chi connectivity index (χ3v) is 2.54. The molecule has 82 valence electrons. The van der Waals surface area contributed by atoms with Crippen LogP contribution in [0.1, 0.15) is 6.42 Å². The molecule has 0 aliphatic carbocycles. The van der Waals surface area contributed by atoms with Crippen LogP contribution in [0.25, 0.3) is 0 Å². The zero-order chi connectivity index (χ0) is 10.7. The quantitative estimate of drug-likeness (QED) is 0.748. The molecule has 3 N–H and O–H groups in total. The fourth-order valence-corrected chi connectivity index (χ4v) is 1.72. The summed E-state index contributed by atoms with van der Waals surface area (Å²) < 4.78 is 18.2. The summed E-state index contributed by atoms with van der Waals surface area (Å²) >= 11 is 0. The molecule has 1 heterocycles. The largest absolute Gasteiger partial charge is 0.399 e. The van der Waals surface area contributed by atoms with Crippen molar-refractivity contribution in [3.8, 4) is 0 Å². The molecule has 0 spiro atoms. The van der Waals surface area contributed by atoms with Crippen LogP contribution in [-0.4, -0.2) is 19.8 Å². The minimum Gasteiger partial charge on any atom is -0.399 e. The number of nitrogens with two attached hydrogens (primary N) is 1. The van der Waals surface area contributed by atoms with Crippen LogP contribution in [-0.2, 0) is 4.74 Å². The normalized spacial score (nSPS) is 20.5. The van der Waals surface area contributed by atoms with Gasteiger partial charge >= 0.3 is 0 Å². The molecule has 1 aliphatic heterocycles. The SMILES string of the molecule is Nc1cc(F)cc(NCC2CCOC2)c1. The van der Waals surface area contributed by atoms with Gasteiger partial charge in [-0.2, -0.15) is 0 Å². The number of halogens is 1. The van der Waals surface area contributed by atoms with E-state index in [1.807, 2.05) is 0 Å². The van der Waals surface area contributed by atoms with Gasteiger partial charge in [-0.1, -0.05) is 0 Å². The van der Waals surface area contributed by atoms with Crippen molar-refractivity contribution in [2.24, 2.45) is 5.92 Å². The first-order valence-electron chi connectivity index (χ1n) is 5.12. The number of nitrogens with one attached hydrogen (secondary N) is 1. The number of ether oxygens (including phenoxy) is 1. The van der Waals surface area contributed by atoms with E-state index in [2.05, 4.69) is 5.32 Å². The van der Waals surface area contributed by atoms with E-state index in [0.29, 0.717) is 11.6 Å². The van der Waals surface area contributed by atoms with Gasteiger partial charge in [-0.25, -0.2) is 4.39 Å². The maximum absolute atomic E-state index is 13.0. The lowest BCUT2D eigenvalue weighted by atomic mass is 10.1. The van der Waals surface area contributed by atoms with Crippen LogP contribution in [0.4, 0.5) is 15.8 Å². The van der Waals surface area contributed by atoms with Crippen LogP contribution in [0.15, 0.2) is 18.2 Å². The summed E-state index contributed by atoms with van der Waals surface area (Å²) in [7, 11) is 0. The Bertz CT molecular complexity index is 317. The average molecular weight is 210 g/mol. The molecule has 1 aromatic carbocycles. The van der Waals surface area contributed by atoms with Gasteiger partial charge in [0, 0.05) is 30.4 Å². The van der Waals surface area contributed by atoms with Crippen LogP contribution in [0.3, 0.4) is 0 Å². The Hall–Kier alpha value is -1.29. The molecule has 1 aliphatic rings.